The number of nitrogens with one attached hydrogen (secondary N) is 1. The molecule has 9 nitrogen and oxygen atoms in total. The Labute approximate surface area is 194 Å². The SMILES string of the molecule is CCCC(CC)N1c2nc(Nc3ccc(C(=O)O)cc3OCC)ncc2N(C)C(=O)C1CC. The lowest BCUT2D eigenvalue weighted by molar-refractivity contribution is -0.120. The lowest BCUT2D eigenvalue weighted by Crippen LogP contribution is -2.56. The molecule has 178 valence electrons. The number of hydrogen-bond acceptors (Lipinski definition) is 7. The second kappa shape index (κ2) is 10.5. The minimum atomic E-state index is -1.02. The number of aromatic nitrogens is 2. The van der Waals surface area contributed by atoms with E-state index in [1.807, 2.05) is 13.8 Å². The number of carboxylic acid groups (broad SMARTS) is 1. The van der Waals surface area contributed by atoms with E-state index in [9.17, 15) is 14.7 Å². The summed E-state index contributed by atoms with van der Waals surface area (Å²) < 4.78 is 5.64. The number of hydrogen-bond donors (Lipinski definition) is 2. The summed E-state index contributed by atoms with van der Waals surface area (Å²) >= 11 is 0. The van der Waals surface area contributed by atoms with Crippen LogP contribution in [0.5, 0.6) is 5.75 Å². The molecule has 1 aromatic carbocycles. The number of carboxylic acids is 1. The fourth-order valence-electron chi connectivity index (χ4n) is 4.29. The molecular weight excluding hydrogens is 422 g/mol. The average molecular weight is 456 g/mol. The number of fused-ring (bicyclic) bond motifs is 1. The van der Waals surface area contributed by atoms with E-state index in [1.165, 1.54) is 12.1 Å². The molecule has 1 aromatic heterocycles. The highest BCUT2D eigenvalue weighted by atomic mass is 16.5. The third-order valence-electron chi connectivity index (χ3n) is 5.96. The van der Waals surface area contributed by atoms with E-state index < -0.39 is 5.97 Å². The number of carbonyl (C=O) groups is 2. The summed E-state index contributed by atoms with van der Waals surface area (Å²) in [5, 5.41) is 12.5. The highest BCUT2D eigenvalue weighted by Crippen LogP contribution is 2.38. The standard InChI is InChI=1S/C24H33N5O4/c1-6-10-16(7-2)29-18(8-3)22(30)28(5)19-14-25-24(27-21(19)29)26-17-12-11-15(23(31)32)13-20(17)33-9-4/h11-14,16,18H,6-10H2,1-5H3,(H,31,32)(H,25,26,27). The summed E-state index contributed by atoms with van der Waals surface area (Å²) in [5.74, 6) is 0.509. The molecule has 2 heterocycles. The van der Waals surface area contributed by atoms with Gasteiger partial charge in [-0.05, 0) is 44.4 Å². The predicted molar refractivity (Wildman–Crippen MR) is 129 cm³/mol. The molecule has 2 atom stereocenters. The molecule has 1 aliphatic rings. The summed E-state index contributed by atoms with van der Waals surface area (Å²) in [6.45, 7) is 8.52. The summed E-state index contributed by atoms with van der Waals surface area (Å²) in [6, 6.07) is 4.54. The summed E-state index contributed by atoms with van der Waals surface area (Å²) in [7, 11) is 1.76. The van der Waals surface area contributed by atoms with Crippen LogP contribution >= 0.6 is 0 Å². The Bertz CT molecular complexity index is 1010. The first-order chi connectivity index (χ1) is 15.9. The number of anilines is 4. The Morgan fingerprint density at radius 2 is 2.03 bits per heavy atom. The first kappa shape index (κ1) is 24.3. The van der Waals surface area contributed by atoms with Crippen LogP contribution in [-0.4, -0.2) is 52.7 Å². The molecule has 1 amide bonds. The van der Waals surface area contributed by atoms with Crippen molar-refractivity contribution in [3.63, 3.8) is 0 Å². The molecule has 0 saturated carbocycles. The van der Waals surface area contributed by atoms with Crippen molar-refractivity contribution in [3.8, 4) is 5.75 Å². The van der Waals surface area contributed by atoms with Crippen LogP contribution in [0.15, 0.2) is 24.4 Å². The second-order valence-electron chi connectivity index (χ2n) is 8.06. The molecule has 9 heteroatoms. The third kappa shape index (κ3) is 4.86. The minimum absolute atomic E-state index is 0.0479. The van der Waals surface area contributed by atoms with E-state index in [0.717, 1.165) is 25.1 Å². The Morgan fingerprint density at radius 3 is 2.64 bits per heavy atom. The van der Waals surface area contributed by atoms with Crippen LogP contribution in [0.1, 0.15) is 63.7 Å². The van der Waals surface area contributed by atoms with E-state index in [-0.39, 0.29) is 23.6 Å². The zero-order valence-corrected chi connectivity index (χ0v) is 20.0. The zero-order valence-electron chi connectivity index (χ0n) is 20.0. The number of benzene rings is 1. The molecule has 0 spiro atoms. The number of ether oxygens (including phenoxy) is 1. The highest BCUT2D eigenvalue weighted by Gasteiger charge is 2.39. The Morgan fingerprint density at radius 1 is 1.27 bits per heavy atom. The lowest BCUT2D eigenvalue weighted by atomic mass is 10.00. The van der Waals surface area contributed by atoms with Gasteiger partial charge in [0.15, 0.2) is 5.82 Å². The van der Waals surface area contributed by atoms with Crippen molar-refractivity contribution < 1.29 is 19.4 Å². The second-order valence-corrected chi connectivity index (χ2v) is 8.06. The number of carbonyl (C=O) groups excluding carboxylic acids is 1. The maximum Gasteiger partial charge on any atom is 0.335 e. The molecule has 33 heavy (non-hydrogen) atoms. The maximum atomic E-state index is 13.1. The van der Waals surface area contributed by atoms with E-state index in [0.29, 0.717) is 36.1 Å². The molecule has 0 bridgehead atoms. The number of amides is 1. The van der Waals surface area contributed by atoms with Gasteiger partial charge in [0.2, 0.25) is 11.9 Å². The highest BCUT2D eigenvalue weighted by molar-refractivity contribution is 6.04. The Balaban J connectivity index is 2.05. The molecule has 3 rings (SSSR count). The van der Waals surface area contributed by atoms with Crippen LogP contribution in [-0.2, 0) is 4.79 Å². The molecule has 0 saturated heterocycles. The van der Waals surface area contributed by atoms with Gasteiger partial charge in [0.25, 0.3) is 0 Å². The molecule has 0 aliphatic carbocycles. The molecule has 2 unspecified atom stereocenters. The van der Waals surface area contributed by atoms with Crippen LogP contribution in [0.4, 0.5) is 23.1 Å². The molecule has 2 aromatic rings. The van der Waals surface area contributed by atoms with Gasteiger partial charge in [-0.3, -0.25) is 4.79 Å². The normalized spacial score (nSPS) is 16.4. The first-order valence-corrected chi connectivity index (χ1v) is 11.6. The summed E-state index contributed by atoms with van der Waals surface area (Å²) in [4.78, 5) is 37.5. The number of aromatic carboxylic acids is 1. The van der Waals surface area contributed by atoms with Gasteiger partial charge < -0.3 is 25.0 Å². The number of rotatable bonds is 10. The smallest absolute Gasteiger partial charge is 0.335 e. The zero-order chi connectivity index (χ0) is 24.1. The van der Waals surface area contributed by atoms with Gasteiger partial charge in [0.1, 0.15) is 17.5 Å². The lowest BCUT2D eigenvalue weighted by Gasteiger charge is -2.44. The van der Waals surface area contributed by atoms with Gasteiger partial charge in [0.05, 0.1) is 24.1 Å². The van der Waals surface area contributed by atoms with Crippen molar-refractivity contribution in [2.24, 2.45) is 0 Å². The summed E-state index contributed by atoms with van der Waals surface area (Å²) in [6.07, 6.45) is 5.21. The number of likely N-dealkylation sites (N-methyl/N-ethyl adjacent to an activating group) is 1. The van der Waals surface area contributed by atoms with Crippen LogP contribution in [0.25, 0.3) is 0 Å². The molecule has 0 radical (unpaired) electrons. The van der Waals surface area contributed by atoms with Crippen molar-refractivity contribution in [2.45, 2.75) is 65.5 Å². The topological polar surface area (TPSA) is 108 Å². The average Bonchev–Trinajstić information content (AvgIpc) is 2.81. The van der Waals surface area contributed by atoms with Gasteiger partial charge in [-0.1, -0.05) is 27.2 Å². The Hall–Kier alpha value is -3.36. The van der Waals surface area contributed by atoms with E-state index in [4.69, 9.17) is 9.72 Å². The molecular formula is C24H33N5O4. The van der Waals surface area contributed by atoms with E-state index in [2.05, 4.69) is 29.0 Å². The van der Waals surface area contributed by atoms with Crippen LogP contribution < -0.4 is 19.9 Å². The van der Waals surface area contributed by atoms with E-state index >= 15 is 0 Å². The summed E-state index contributed by atoms with van der Waals surface area (Å²) in [5.41, 5.74) is 1.38. The largest absolute Gasteiger partial charge is 0.492 e. The monoisotopic (exact) mass is 455 g/mol. The van der Waals surface area contributed by atoms with Crippen LogP contribution in [0.3, 0.4) is 0 Å². The van der Waals surface area contributed by atoms with Gasteiger partial charge in [-0.2, -0.15) is 4.98 Å². The van der Waals surface area contributed by atoms with Crippen molar-refractivity contribution >= 4 is 35.0 Å². The van der Waals surface area contributed by atoms with Gasteiger partial charge in [-0.25, -0.2) is 9.78 Å². The van der Waals surface area contributed by atoms with Crippen molar-refractivity contribution in [3.05, 3.63) is 30.0 Å². The quantitative estimate of drug-likeness (QED) is 0.541. The fourth-order valence-corrected chi connectivity index (χ4v) is 4.29. The molecule has 2 N–H and O–H groups in total. The van der Waals surface area contributed by atoms with Crippen LogP contribution in [0, 0.1) is 0 Å². The fraction of sp³-hybridized carbons (Fsp3) is 0.500. The predicted octanol–water partition coefficient (Wildman–Crippen LogP) is 4.46. The molecule has 0 fully saturated rings. The van der Waals surface area contributed by atoms with E-state index in [1.54, 1.807) is 24.2 Å². The van der Waals surface area contributed by atoms with Gasteiger partial charge in [-0.15, -0.1) is 0 Å². The maximum absolute atomic E-state index is 13.1. The number of nitrogens with zero attached hydrogens (tertiary/aromatic N) is 4. The van der Waals surface area contributed by atoms with Crippen LogP contribution in [0.2, 0.25) is 0 Å². The third-order valence-corrected chi connectivity index (χ3v) is 5.96. The first-order valence-electron chi connectivity index (χ1n) is 11.6. The Kier molecular flexibility index (Phi) is 7.73. The van der Waals surface area contributed by atoms with Crippen molar-refractivity contribution in [1.82, 2.24) is 9.97 Å². The molecule has 1 aliphatic heterocycles. The van der Waals surface area contributed by atoms with Crippen molar-refractivity contribution in [1.29, 1.82) is 0 Å². The van der Waals surface area contributed by atoms with Crippen molar-refractivity contribution in [2.75, 3.05) is 28.8 Å². The van der Waals surface area contributed by atoms with Gasteiger partial charge in [0, 0.05) is 13.1 Å². The van der Waals surface area contributed by atoms with Gasteiger partial charge >= 0.3 is 5.97 Å². The minimum Gasteiger partial charge on any atom is -0.492 e.